The van der Waals surface area contributed by atoms with Crippen molar-refractivity contribution < 1.29 is 36.2 Å². The van der Waals surface area contributed by atoms with Crippen molar-refractivity contribution in [3.63, 3.8) is 0 Å². The summed E-state index contributed by atoms with van der Waals surface area (Å²) in [6.45, 7) is 6.89. The molecule has 2 aromatic rings. The van der Waals surface area contributed by atoms with Gasteiger partial charge in [0.15, 0.2) is 33.1 Å². The summed E-state index contributed by atoms with van der Waals surface area (Å²) in [6, 6.07) is 5.05. The van der Waals surface area contributed by atoms with E-state index in [-0.39, 0.29) is 17.2 Å². The molecule has 0 saturated heterocycles. The third-order valence-electron chi connectivity index (χ3n) is 3.56. The predicted molar refractivity (Wildman–Crippen MR) is 82.8 cm³/mol. The fraction of sp³-hybridized carbons (Fsp3) is 0.188. The van der Waals surface area contributed by atoms with E-state index in [1.165, 1.54) is 0 Å². The molecule has 2 aromatic carbocycles. The van der Waals surface area contributed by atoms with Crippen LogP contribution in [0.3, 0.4) is 0 Å². The van der Waals surface area contributed by atoms with Gasteiger partial charge in [0, 0.05) is 12.3 Å². The Bertz CT molecular complexity index is 1050. The number of aliphatic hydroxyl groups excluding tert-OH is 1. The van der Waals surface area contributed by atoms with Crippen molar-refractivity contribution in [3.8, 4) is 17.2 Å². The van der Waals surface area contributed by atoms with E-state index < -0.39 is 44.1 Å². The SMILES string of the molecule is [C-]#[N+]c1cc(F)cc(Oc2ccc(S(C)(=O)=O)c3c2OC(F)(F)[C@H]3O)c1. The Kier molecular flexibility index (Phi) is 4.09. The summed E-state index contributed by atoms with van der Waals surface area (Å²) in [7, 11) is -3.95. The highest BCUT2D eigenvalue weighted by atomic mass is 32.2. The molecule has 1 aliphatic heterocycles. The summed E-state index contributed by atoms with van der Waals surface area (Å²) in [5, 5.41) is 9.78. The first-order valence-corrected chi connectivity index (χ1v) is 8.90. The molecular weight excluding hydrogens is 375 g/mol. The van der Waals surface area contributed by atoms with Crippen LogP contribution in [-0.2, 0) is 9.84 Å². The van der Waals surface area contributed by atoms with Crippen LogP contribution in [0, 0.1) is 12.4 Å². The van der Waals surface area contributed by atoms with E-state index in [0.29, 0.717) is 0 Å². The van der Waals surface area contributed by atoms with Crippen LogP contribution in [-0.4, -0.2) is 25.9 Å². The maximum Gasteiger partial charge on any atom is 0.429 e. The molecule has 6 nitrogen and oxygen atoms in total. The van der Waals surface area contributed by atoms with Gasteiger partial charge in [-0.1, -0.05) is 0 Å². The number of sulfone groups is 1. The zero-order valence-electron chi connectivity index (χ0n) is 13.0. The van der Waals surface area contributed by atoms with E-state index in [1.807, 2.05) is 0 Å². The zero-order chi connectivity index (χ0) is 19.3. The summed E-state index contributed by atoms with van der Waals surface area (Å²) in [5.41, 5.74) is -0.729. The molecule has 1 aliphatic rings. The van der Waals surface area contributed by atoms with E-state index >= 15 is 0 Å². The van der Waals surface area contributed by atoms with Crippen LogP contribution < -0.4 is 9.47 Å². The average Bonchev–Trinajstić information content (AvgIpc) is 2.77. The number of ether oxygens (including phenoxy) is 2. The first-order valence-electron chi connectivity index (χ1n) is 7.00. The molecule has 0 aliphatic carbocycles. The Morgan fingerprint density at radius 2 is 2.00 bits per heavy atom. The first-order chi connectivity index (χ1) is 12.0. The van der Waals surface area contributed by atoms with Gasteiger partial charge in [0.1, 0.15) is 11.6 Å². The van der Waals surface area contributed by atoms with Gasteiger partial charge in [0.25, 0.3) is 0 Å². The van der Waals surface area contributed by atoms with Crippen LogP contribution in [0.5, 0.6) is 17.2 Å². The van der Waals surface area contributed by atoms with Gasteiger partial charge in [-0.25, -0.2) is 17.7 Å². The number of halogens is 3. The van der Waals surface area contributed by atoms with Gasteiger partial charge in [-0.2, -0.15) is 8.78 Å². The molecule has 0 bridgehead atoms. The molecule has 3 rings (SSSR count). The second-order valence-electron chi connectivity index (χ2n) is 5.50. The van der Waals surface area contributed by atoms with E-state index in [1.54, 1.807) is 0 Å². The Balaban J connectivity index is 2.15. The van der Waals surface area contributed by atoms with Crippen LogP contribution in [0.25, 0.3) is 4.85 Å². The third kappa shape index (κ3) is 3.07. The summed E-state index contributed by atoms with van der Waals surface area (Å²) in [5.74, 6) is -1.99. The van der Waals surface area contributed by atoms with Gasteiger partial charge in [0.2, 0.25) is 0 Å². The monoisotopic (exact) mass is 385 g/mol. The predicted octanol–water partition coefficient (Wildman–Crippen LogP) is 3.59. The van der Waals surface area contributed by atoms with E-state index in [0.717, 1.165) is 36.6 Å². The summed E-state index contributed by atoms with van der Waals surface area (Å²) in [4.78, 5) is 2.51. The van der Waals surface area contributed by atoms with E-state index in [9.17, 15) is 26.7 Å². The van der Waals surface area contributed by atoms with Crippen molar-refractivity contribution in [3.05, 3.63) is 53.1 Å². The van der Waals surface area contributed by atoms with Gasteiger partial charge in [-0.3, -0.25) is 0 Å². The largest absolute Gasteiger partial charge is 0.455 e. The van der Waals surface area contributed by atoms with Crippen molar-refractivity contribution in [1.29, 1.82) is 0 Å². The molecular formula is C16H10F3NO5S. The molecule has 1 heterocycles. The molecule has 0 fully saturated rings. The third-order valence-corrected chi connectivity index (χ3v) is 4.72. The second-order valence-corrected chi connectivity index (χ2v) is 7.49. The molecule has 1 atom stereocenters. The van der Waals surface area contributed by atoms with E-state index in [4.69, 9.17) is 11.3 Å². The second kappa shape index (κ2) is 5.89. The molecule has 0 amide bonds. The van der Waals surface area contributed by atoms with Gasteiger partial charge in [-0.05, 0) is 24.3 Å². The highest BCUT2D eigenvalue weighted by Gasteiger charge is 2.53. The van der Waals surface area contributed by atoms with Crippen LogP contribution in [0.2, 0.25) is 0 Å². The normalized spacial score (nSPS) is 17.9. The molecule has 0 saturated carbocycles. The van der Waals surface area contributed by atoms with Crippen LogP contribution in [0.4, 0.5) is 18.9 Å². The lowest BCUT2D eigenvalue weighted by Crippen LogP contribution is -2.26. The fourth-order valence-electron chi connectivity index (χ4n) is 2.49. The Morgan fingerprint density at radius 1 is 1.31 bits per heavy atom. The number of aliphatic hydroxyl groups is 1. The molecule has 10 heteroatoms. The number of fused-ring (bicyclic) bond motifs is 1. The topological polar surface area (TPSA) is 77.2 Å². The van der Waals surface area contributed by atoms with Gasteiger partial charge < -0.3 is 14.6 Å². The number of hydrogen-bond donors (Lipinski definition) is 1. The first kappa shape index (κ1) is 18.0. The van der Waals surface area contributed by atoms with Crippen LogP contribution >= 0.6 is 0 Å². The highest BCUT2D eigenvalue weighted by molar-refractivity contribution is 7.90. The molecule has 0 spiro atoms. The molecule has 136 valence electrons. The summed E-state index contributed by atoms with van der Waals surface area (Å²) >= 11 is 0. The molecule has 0 unspecified atom stereocenters. The van der Waals surface area contributed by atoms with Crippen LogP contribution in [0.15, 0.2) is 35.2 Å². The average molecular weight is 385 g/mol. The standard InChI is InChI=1S/C16H10F3NO5S/c1-20-9-5-8(17)6-10(7-9)24-11-3-4-12(26(2,22)23)13-14(11)25-16(18,19)15(13)21/h3-7,15,21H,2H3/t15-/m0/s1. The van der Waals surface area contributed by atoms with Gasteiger partial charge in [-0.15, -0.1) is 0 Å². The number of nitrogens with zero attached hydrogens (tertiary/aromatic N) is 1. The Labute approximate surface area is 146 Å². The van der Waals surface area contributed by atoms with E-state index in [2.05, 4.69) is 9.58 Å². The Morgan fingerprint density at radius 3 is 2.62 bits per heavy atom. The minimum Gasteiger partial charge on any atom is -0.455 e. The lowest BCUT2D eigenvalue weighted by atomic mass is 10.1. The van der Waals surface area contributed by atoms with Crippen molar-refractivity contribution >= 4 is 15.5 Å². The molecule has 1 N–H and O–H groups in total. The molecule has 26 heavy (non-hydrogen) atoms. The Hall–Kier alpha value is -2.77. The van der Waals surface area contributed by atoms with Crippen molar-refractivity contribution in [2.75, 3.05) is 6.26 Å². The molecule has 0 radical (unpaired) electrons. The highest BCUT2D eigenvalue weighted by Crippen LogP contribution is 2.52. The minimum absolute atomic E-state index is 0.0873. The quantitative estimate of drug-likeness (QED) is 0.817. The lowest BCUT2D eigenvalue weighted by Gasteiger charge is -2.13. The van der Waals surface area contributed by atoms with Crippen molar-refractivity contribution in [2.24, 2.45) is 0 Å². The van der Waals surface area contributed by atoms with Crippen LogP contribution in [0.1, 0.15) is 11.7 Å². The van der Waals surface area contributed by atoms with Crippen molar-refractivity contribution in [1.82, 2.24) is 0 Å². The number of benzene rings is 2. The number of alkyl halides is 2. The zero-order valence-corrected chi connectivity index (χ0v) is 13.9. The summed E-state index contributed by atoms with van der Waals surface area (Å²) < 4.78 is 74.4. The fourth-order valence-corrected chi connectivity index (χ4v) is 3.41. The smallest absolute Gasteiger partial charge is 0.429 e. The molecule has 0 aromatic heterocycles. The van der Waals surface area contributed by atoms with Gasteiger partial charge in [0.05, 0.1) is 17.0 Å². The maximum absolute atomic E-state index is 13.8. The lowest BCUT2D eigenvalue weighted by molar-refractivity contribution is -0.224. The van der Waals surface area contributed by atoms with Gasteiger partial charge >= 0.3 is 6.11 Å². The number of hydrogen-bond acceptors (Lipinski definition) is 5. The minimum atomic E-state index is -4.06. The maximum atomic E-state index is 13.8. The summed E-state index contributed by atoms with van der Waals surface area (Å²) in [6.07, 6.45) is -5.79. The van der Waals surface area contributed by atoms with Crippen molar-refractivity contribution in [2.45, 2.75) is 17.1 Å². The number of rotatable bonds is 3.